The summed E-state index contributed by atoms with van der Waals surface area (Å²) in [5, 5.41) is 0. The van der Waals surface area contributed by atoms with Crippen molar-refractivity contribution in [2.75, 3.05) is 13.2 Å². The highest BCUT2D eigenvalue weighted by atomic mass is 16.5. The molecule has 1 saturated heterocycles. The number of esters is 1. The van der Waals surface area contributed by atoms with Gasteiger partial charge in [-0.3, -0.25) is 4.79 Å². The van der Waals surface area contributed by atoms with E-state index >= 15 is 0 Å². The molecule has 0 N–H and O–H groups in total. The summed E-state index contributed by atoms with van der Waals surface area (Å²) >= 11 is 0. The Balaban J connectivity index is 1.99. The number of hydrogen-bond acceptors (Lipinski definition) is 4. The van der Waals surface area contributed by atoms with Gasteiger partial charge in [-0.15, -0.1) is 0 Å². The van der Waals surface area contributed by atoms with Crippen LogP contribution in [0.1, 0.15) is 25.5 Å². The summed E-state index contributed by atoms with van der Waals surface area (Å²) in [7, 11) is 0. The van der Waals surface area contributed by atoms with Crippen LogP contribution in [0.25, 0.3) is 6.08 Å². The van der Waals surface area contributed by atoms with Crippen LogP contribution in [-0.2, 0) is 14.3 Å². The molecule has 5 nitrogen and oxygen atoms in total. The molecule has 0 spiro atoms. The molecule has 0 bridgehead atoms. The third-order valence-corrected chi connectivity index (χ3v) is 3.03. The van der Waals surface area contributed by atoms with Crippen LogP contribution in [0, 0.1) is 0 Å². The summed E-state index contributed by atoms with van der Waals surface area (Å²) in [6, 6.07) is 3.06. The van der Waals surface area contributed by atoms with Crippen molar-refractivity contribution < 1.29 is 18.7 Å². The molecule has 19 heavy (non-hydrogen) atoms. The summed E-state index contributed by atoms with van der Waals surface area (Å²) in [5.74, 6) is 0.104. The number of rotatable bonds is 4. The second-order valence-corrected chi connectivity index (χ2v) is 4.29. The Labute approximate surface area is 111 Å². The Hall–Kier alpha value is -2.04. The first-order chi connectivity index (χ1) is 9.22. The molecule has 0 aromatic carbocycles. The van der Waals surface area contributed by atoms with Crippen molar-refractivity contribution in [3.63, 3.8) is 0 Å². The molecule has 2 heterocycles. The van der Waals surface area contributed by atoms with Gasteiger partial charge in [0.1, 0.15) is 11.8 Å². The molecule has 0 saturated carbocycles. The maximum atomic E-state index is 12.0. The highest BCUT2D eigenvalue weighted by Crippen LogP contribution is 2.19. The molecular weight excluding hydrogens is 246 g/mol. The summed E-state index contributed by atoms with van der Waals surface area (Å²) in [6.45, 7) is 2.68. The molecule has 1 aliphatic rings. The minimum atomic E-state index is -0.450. The first-order valence-corrected chi connectivity index (χ1v) is 6.41. The smallest absolute Gasteiger partial charge is 0.328 e. The predicted octanol–water partition coefficient (Wildman–Crippen LogP) is 1.85. The van der Waals surface area contributed by atoms with Gasteiger partial charge in [0.15, 0.2) is 0 Å². The van der Waals surface area contributed by atoms with E-state index in [4.69, 9.17) is 9.15 Å². The van der Waals surface area contributed by atoms with Gasteiger partial charge in [0, 0.05) is 12.6 Å². The van der Waals surface area contributed by atoms with Gasteiger partial charge in [0.25, 0.3) is 0 Å². The van der Waals surface area contributed by atoms with Crippen LogP contribution in [0.4, 0.5) is 0 Å². The number of hydrogen-bond donors (Lipinski definition) is 0. The molecule has 1 amide bonds. The largest absolute Gasteiger partial charge is 0.465 e. The number of likely N-dealkylation sites (tertiary alicyclic amines) is 1. The van der Waals surface area contributed by atoms with Crippen LogP contribution in [0.15, 0.2) is 28.9 Å². The van der Waals surface area contributed by atoms with E-state index in [0.29, 0.717) is 25.3 Å². The lowest BCUT2D eigenvalue weighted by molar-refractivity contribution is -0.151. The van der Waals surface area contributed by atoms with E-state index in [1.54, 1.807) is 36.3 Å². The van der Waals surface area contributed by atoms with Crippen molar-refractivity contribution in [2.24, 2.45) is 0 Å². The third-order valence-electron chi connectivity index (χ3n) is 3.03. The number of carbonyl (C=O) groups is 2. The lowest BCUT2D eigenvalue weighted by atomic mass is 10.2. The highest BCUT2D eigenvalue weighted by molar-refractivity contribution is 5.94. The topological polar surface area (TPSA) is 59.8 Å². The summed E-state index contributed by atoms with van der Waals surface area (Å²) in [4.78, 5) is 25.3. The fourth-order valence-corrected chi connectivity index (χ4v) is 2.15. The van der Waals surface area contributed by atoms with Crippen molar-refractivity contribution in [1.82, 2.24) is 4.90 Å². The lowest BCUT2D eigenvalue weighted by Crippen LogP contribution is -2.40. The van der Waals surface area contributed by atoms with Crippen LogP contribution >= 0.6 is 0 Å². The van der Waals surface area contributed by atoms with Gasteiger partial charge in [0.2, 0.25) is 5.91 Å². The van der Waals surface area contributed by atoms with E-state index in [0.717, 1.165) is 6.42 Å². The predicted molar refractivity (Wildman–Crippen MR) is 69.1 cm³/mol. The molecule has 1 atom stereocenters. The Morgan fingerprint density at radius 3 is 3.11 bits per heavy atom. The van der Waals surface area contributed by atoms with Crippen LogP contribution in [0.2, 0.25) is 0 Å². The maximum Gasteiger partial charge on any atom is 0.328 e. The number of furan rings is 1. The monoisotopic (exact) mass is 263 g/mol. The van der Waals surface area contributed by atoms with Crippen LogP contribution in [0.3, 0.4) is 0 Å². The number of nitrogens with zero attached hydrogens (tertiary/aromatic N) is 1. The number of carbonyl (C=O) groups excluding carboxylic acids is 2. The highest BCUT2D eigenvalue weighted by Gasteiger charge is 2.34. The number of ether oxygens (including phenoxy) is 1. The molecule has 1 aromatic rings. The molecule has 1 fully saturated rings. The van der Waals surface area contributed by atoms with Crippen LogP contribution < -0.4 is 0 Å². The standard InChI is InChI=1S/C14H17NO4/c1-2-18-14(17)12-6-3-9-15(12)13(16)8-7-11-5-4-10-19-11/h4-5,7-8,10,12H,2-3,6,9H2,1H3/b8-7+. The molecular formula is C14H17NO4. The minimum Gasteiger partial charge on any atom is -0.465 e. The normalized spacial score (nSPS) is 19.0. The van der Waals surface area contributed by atoms with E-state index in [9.17, 15) is 9.59 Å². The van der Waals surface area contributed by atoms with Gasteiger partial charge < -0.3 is 14.1 Å². The molecule has 1 aromatic heterocycles. The average Bonchev–Trinajstić information content (AvgIpc) is 3.07. The maximum absolute atomic E-state index is 12.0. The number of amides is 1. The first kappa shape index (κ1) is 13.4. The van der Waals surface area contributed by atoms with E-state index in [1.165, 1.54) is 6.08 Å². The van der Waals surface area contributed by atoms with E-state index in [1.807, 2.05) is 0 Å². The molecule has 1 aliphatic heterocycles. The zero-order valence-electron chi connectivity index (χ0n) is 10.9. The van der Waals surface area contributed by atoms with Crippen molar-refractivity contribution in [2.45, 2.75) is 25.8 Å². The van der Waals surface area contributed by atoms with Gasteiger partial charge in [-0.05, 0) is 38.0 Å². The van der Waals surface area contributed by atoms with E-state index in [2.05, 4.69) is 0 Å². The van der Waals surface area contributed by atoms with Gasteiger partial charge in [-0.1, -0.05) is 0 Å². The average molecular weight is 263 g/mol. The molecule has 1 unspecified atom stereocenters. The Morgan fingerprint density at radius 2 is 2.42 bits per heavy atom. The van der Waals surface area contributed by atoms with Crippen molar-refractivity contribution in [1.29, 1.82) is 0 Å². The SMILES string of the molecule is CCOC(=O)C1CCCN1C(=O)/C=C/c1ccco1. The second kappa shape index (κ2) is 6.22. The Kier molecular flexibility index (Phi) is 4.39. The quantitative estimate of drug-likeness (QED) is 0.614. The van der Waals surface area contributed by atoms with E-state index in [-0.39, 0.29) is 11.9 Å². The molecule has 0 radical (unpaired) electrons. The molecule has 2 rings (SSSR count). The second-order valence-electron chi connectivity index (χ2n) is 4.29. The van der Waals surface area contributed by atoms with Gasteiger partial charge in [-0.2, -0.15) is 0 Å². The zero-order valence-corrected chi connectivity index (χ0v) is 10.9. The fraction of sp³-hybridized carbons (Fsp3) is 0.429. The third kappa shape index (κ3) is 3.24. The zero-order chi connectivity index (χ0) is 13.7. The fourth-order valence-electron chi connectivity index (χ4n) is 2.15. The van der Waals surface area contributed by atoms with Gasteiger partial charge in [0.05, 0.1) is 12.9 Å². The summed E-state index contributed by atoms with van der Waals surface area (Å²) < 4.78 is 10.1. The summed E-state index contributed by atoms with van der Waals surface area (Å²) in [5.41, 5.74) is 0. The van der Waals surface area contributed by atoms with Crippen molar-refractivity contribution in [3.05, 3.63) is 30.2 Å². The van der Waals surface area contributed by atoms with Crippen molar-refractivity contribution >= 4 is 18.0 Å². The molecule has 0 aliphatic carbocycles. The van der Waals surface area contributed by atoms with Crippen molar-refractivity contribution in [3.8, 4) is 0 Å². The van der Waals surface area contributed by atoms with Crippen LogP contribution in [-0.4, -0.2) is 36.0 Å². The van der Waals surface area contributed by atoms with E-state index < -0.39 is 6.04 Å². The van der Waals surface area contributed by atoms with Gasteiger partial charge >= 0.3 is 5.97 Å². The molecule has 102 valence electrons. The first-order valence-electron chi connectivity index (χ1n) is 6.41. The van der Waals surface area contributed by atoms with Gasteiger partial charge in [-0.25, -0.2) is 4.79 Å². The Morgan fingerprint density at radius 1 is 1.58 bits per heavy atom. The summed E-state index contributed by atoms with van der Waals surface area (Å²) in [6.07, 6.45) is 6.06. The molecule has 5 heteroatoms. The minimum absolute atomic E-state index is 0.188. The lowest BCUT2D eigenvalue weighted by Gasteiger charge is -2.21. The van der Waals surface area contributed by atoms with Crippen LogP contribution in [0.5, 0.6) is 0 Å². The Bertz CT molecular complexity index is 464.